The van der Waals surface area contributed by atoms with Crippen molar-refractivity contribution in [3.63, 3.8) is 0 Å². The number of fused-ring (bicyclic) bond motifs is 1. The van der Waals surface area contributed by atoms with Gasteiger partial charge < -0.3 is 9.64 Å². The van der Waals surface area contributed by atoms with Gasteiger partial charge in [0.05, 0.1) is 30.5 Å². The number of nitrogens with one attached hydrogen (secondary N) is 1. The van der Waals surface area contributed by atoms with E-state index in [1.54, 1.807) is 6.20 Å². The van der Waals surface area contributed by atoms with Crippen LogP contribution in [0.2, 0.25) is 0 Å². The number of hydrogen-bond acceptors (Lipinski definition) is 4. The highest BCUT2D eigenvalue weighted by atomic mass is 16.5. The molecule has 1 N–H and O–H groups in total. The molecule has 1 aliphatic rings. The molecule has 26 heavy (non-hydrogen) atoms. The largest absolute Gasteiger partial charge is 0.379 e. The van der Waals surface area contributed by atoms with E-state index in [-0.39, 0.29) is 11.8 Å². The summed E-state index contributed by atoms with van der Waals surface area (Å²) >= 11 is 0. The van der Waals surface area contributed by atoms with Crippen molar-refractivity contribution in [1.82, 2.24) is 20.1 Å². The molecule has 1 aliphatic heterocycles. The van der Waals surface area contributed by atoms with Gasteiger partial charge in [0.25, 0.3) is 5.91 Å². The zero-order chi connectivity index (χ0) is 17.9. The minimum absolute atomic E-state index is 0.0262. The molecule has 4 rings (SSSR count). The monoisotopic (exact) mass is 350 g/mol. The predicted octanol–water partition coefficient (Wildman–Crippen LogP) is 2.60. The van der Waals surface area contributed by atoms with Gasteiger partial charge in [-0.05, 0) is 43.2 Å². The topological polar surface area (TPSA) is 71.1 Å². The summed E-state index contributed by atoms with van der Waals surface area (Å²) in [4.78, 5) is 19.0. The Bertz CT molecular complexity index is 904. The van der Waals surface area contributed by atoms with E-state index >= 15 is 0 Å². The molecule has 6 nitrogen and oxygen atoms in total. The number of benzene rings is 1. The highest BCUT2D eigenvalue weighted by molar-refractivity contribution is 5.94. The van der Waals surface area contributed by atoms with Crippen LogP contribution in [0.4, 0.5) is 0 Å². The predicted molar refractivity (Wildman–Crippen MR) is 99.0 cm³/mol. The first-order valence-corrected chi connectivity index (χ1v) is 8.91. The average molecular weight is 350 g/mol. The Morgan fingerprint density at radius 2 is 2.23 bits per heavy atom. The summed E-state index contributed by atoms with van der Waals surface area (Å²) in [5.41, 5.74) is 3.82. The van der Waals surface area contributed by atoms with Crippen LogP contribution >= 0.6 is 0 Å². The maximum Gasteiger partial charge on any atom is 0.255 e. The lowest BCUT2D eigenvalue weighted by atomic mass is 9.98. The first-order chi connectivity index (χ1) is 12.7. The molecule has 1 fully saturated rings. The van der Waals surface area contributed by atoms with Crippen molar-refractivity contribution in [3.05, 3.63) is 59.5 Å². The molecule has 0 spiro atoms. The van der Waals surface area contributed by atoms with Crippen LogP contribution in [0.1, 0.15) is 21.6 Å². The molecule has 0 bridgehead atoms. The van der Waals surface area contributed by atoms with Crippen LogP contribution in [-0.4, -0.2) is 52.3 Å². The number of H-pyrrole nitrogens is 1. The van der Waals surface area contributed by atoms with Gasteiger partial charge in [-0.1, -0.05) is 6.07 Å². The van der Waals surface area contributed by atoms with Crippen molar-refractivity contribution < 1.29 is 9.53 Å². The Morgan fingerprint density at radius 3 is 3.08 bits per heavy atom. The van der Waals surface area contributed by atoms with Crippen molar-refractivity contribution in [1.29, 1.82) is 0 Å². The Balaban J connectivity index is 1.48. The van der Waals surface area contributed by atoms with E-state index in [1.165, 1.54) is 5.56 Å². The van der Waals surface area contributed by atoms with Gasteiger partial charge >= 0.3 is 0 Å². The maximum atomic E-state index is 12.8. The standard InChI is InChI=1S/C20H22N4O2/c1-14-2-4-17(10-21-14)20(25)24-6-7-26-13-16(12-24)8-15-3-5-19-18(9-15)11-22-23-19/h2-5,9-11,16H,6-8,12-13H2,1H3,(H,22,23)/t16-/m0/s1. The van der Waals surface area contributed by atoms with E-state index in [9.17, 15) is 4.79 Å². The molecule has 0 saturated carbocycles. The Labute approximate surface area is 152 Å². The molecule has 3 heterocycles. The summed E-state index contributed by atoms with van der Waals surface area (Å²) in [6.45, 7) is 4.46. The third kappa shape index (κ3) is 3.60. The van der Waals surface area contributed by atoms with Crippen LogP contribution in [-0.2, 0) is 11.2 Å². The molecule has 1 atom stereocenters. The average Bonchev–Trinajstić information content (AvgIpc) is 2.99. The van der Waals surface area contributed by atoms with Crippen LogP contribution in [0.3, 0.4) is 0 Å². The van der Waals surface area contributed by atoms with Gasteiger partial charge in [-0.2, -0.15) is 5.10 Å². The zero-order valence-corrected chi connectivity index (χ0v) is 14.8. The number of carbonyl (C=O) groups is 1. The van der Waals surface area contributed by atoms with Crippen molar-refractivity contribution in [2.45, 2.75) is 13.3 Å². The van der Waals surface area contributed by atoms with E-state index in [0.29, 0.717) is 31.9 Å². The molecule has 2 aromatic heterocycles. The second kappa shape index (κ2) is 7.25. The molecule has 1 amide bonds. The first-order valence-electron chi connectivity index (χ1n) is 8.91. The number of nitrogens with zero attached hydrogens (tertiary/aromatic N) is 3. The van der Waals surface area contributed by atoms with E-state index < -0.39 is 0 Å². The molecular formula is C20H22N4O2. The number of ether oxygens (including phenoxy) is 1. The molecule has 0 aliphatic carbocycles. The summed E-state index contributed by atoms with van der Waals surface area (Å²) < 4.78 is 5.76. The number of pyridine rings is 1. The lowest BCUT2D eigenvalue weighted by Crippen LogP contribution is -2.36. The lowest BCUT2D eigenvalue weighted by molar-refractivity contribution is 0.0737. The number of amides is 1. The molecular weight excluding hydrogens is 328 g/mol. The Morgan fingerprint density at radius 1 is 1.31 bits per heavy atom. The number of aromatic amines is 1. The third-order valence-corrected chi connectivity index (χ3v) is 4.81. The smallest absolute Gasteiger partial charge is 0.255 e. The fourth-order valence-electron chi connectivity index (χ4n) is 3.42. The number of aromatic nitrogens is 3. The highest BCUT2D eigenvalue weighted by Gasteiger charge is 2.24. The van der Waals surface area contributed by atoms with Crippen LogP contribution in [0, 0.1) is 12.8 Å². The van der Waals surface area contributed by atoms with E-state index in [2.05, 4.69) is 33.4 Å². The van der Waals surface area contributed by atoms with E-state index in [4.69, 9.17) is 4.74 Å². The third-order valence-electron chi connectivity index (χ3n) is 4.81. The lowest BCUT2D eigenvalue weighted by Gasteiger charge is -2.23. The summed E-state index contributed by atoms with van der Waals surface area (Å²) in [5, 5.41) is 8.15. The fraction of sp³-hybridized carbons (Fsp3) is 0.350. The van der Waals surface area contributed by atoms with Crippen molar-refractivity contribution in [2.75, 3.05) is 26.3 Å². The van der Waals surface area contributed by atoms with Crippen LogP contribution in [0.25, 0.3) is 10.9 Å². The minimum atomic E-state index is 0.0262. The SMILES string of the molecule is Cc1ccc(C(=O)N2CCOC[C@@H](Cc3ccc4[nH]ncc4c3)C2)cn1. The molecule has 1 saturated heterocycles. The number of hydrogen-bond donors (Lipinski definition) is 1. The van der Waals surface area contributed by atoms with E-state index in [1.807, 2.05) is 30.2 Å². The van der Waals surface area contributed by atoms with Gasteiger partial charge in [0.1, 0.15) is 0 Å². The molecule has 0 radical (unpaired) electrons. The Kier molecular flexibility index (Phi) is 4.67. The quantitative estimate of drug-likeness (QED) is 0.788. The van der Waals surface area contributed by atoms with Crippen LogP contribution in [0.5, 0.6) is 0 Å². The molecule has 6 heteroatoms. The normalized spacial score (nSPS) is 18.0. The number of rotatable bonds is 3. The Hall–Kier alpha value is -2.73. The van der Waals surface area contributed by atoms with Crippen molar-refractivity contribution in [3.8, 4) is 0 Å². The summed E-state index contributed by atoms with van der Waals surface area (Å²) in [6.07, 6.45) is 4.37. The highest BCUT2D eigenvalue weighted by Crippen LogP contribution is 2.19. The maximum absolute atomic E-state index is 12.8. The minimum Gasteiger partial charge on any atom is -0.379 e. The van der Waals surface area contributed by atoms with Gasteiger partial charge in [0.2, 0.25) is 0 Å². The fourth-order valence-corrected chi connectivity index (χ4v) is 3.42. The van der Waals surface area contributed by atoms with Gasteiger partial charge in [-0.25, -0.2) is 0 Å². The van der Waals surface area contributed by atoms with Crippen LogP contribution in [0.15, 0.2) is 42.7 Å². The van der Waals surface area contributed by atoms with Crippen molar-refractivity contribution >= 4 is 16.8 Å². The van der Waals surface area contributed by atoms with Gasteiger partial charge in [-0.15, -0.1) is 0 Å². The molecule has 3 aromatic rings. The van der Waals surface area contributed by atoms with Gasteiger partial charge in [0.15, 0.2) is 0 Å². The number of aryl methyl sites for hydroxylation is 1. The summed E-state index contributed by atoms with van der Waals surface area (Å²) in [6, 6.07) is 10.0. The number of carbonyl (C=O) groups excluding carboxylic acids is 1. The summed E-state index contributed by atoms with van der Waals surface area (Å²) in [7, 11) is 0. The van der Waals surface area contributed by atoms with Crippen LogP contribution < -0.4 is 0 Å². The molecule has 0 unspecified atom stereocenters. The van der Waals surface area contributed by atoms with Crippen molar-refractivity contribution in [2.24, 2.45) is 5.92 Å². The first kappa shape index (κ1) is 16.7. The molecule has 1 aromatic carbocycles. The van der Waals surface area contributed by atoms with Gasteiger partial charge in [-0.3, -0.25) is 14.9 Å². The second-order valence-corrected chi connectivity index (χ2v) is 6.88. The zero-order valence-electron chi connectivity index (χ0n) is 14.8. The summed E-state index contributed by atoms with van der Waals surface area (Å²) in [5.74, 6) is 0.294. The second-order valence-electron chi connectivity index (χ2n) is 6.88. The molecule has 134 valence electrons. The van der Waals surface area contributed by atoms with E-state index in [0.717, 1.165) is 23.0 Å². The van der Waals surface area contributed by atoms with Gasteiger partial charge in [0, 0.05) is 36.3 Å².